The van der Waals surface area contributed by atoms with Gasteiger partial charge in [0, 0.05) is 12.6 Å². The first-order valence-electron chi connectivity index (χ1n) is 12.6. The normalized spacial score (nSPS) is 15.0. The summed E-state index contributed by atoms with van der Waals surface area (Å²) in [7, 11) is 0. The Morgan fingerprint density at radius 1 is 1.06 bits per heavy atom. The van der Waals surface area contributed by atoms with Crippen LogP contribution >= 0.6 is 0 Å². The Bertz CT molecular complexity index is 1310. The molecule has 0 bridgehead atoms. The minimum absolute atomic E-state index is 0.0414. The minimum Gasteiger partial charge on any atom is -0.467 e. The first kappa shape index (κ1) is 23.8. The summed E-state index contributed by atoms with van der Waals surface area (Å²) in [6.45, 7) is 2.24. The lowest BCUT2D eigenvalue weighted by Crippen LogP contribution is -2.47. The number of fused-ring (bicyclic) bond motifs is 1. The predicted octanol–water partition coefficient (Wildman–Crippen LogP) is 4.55. The van der Waals surface area contributed by atoms with Crippen LogP contribution in [0.4, 0.5) is 0 Å². The standard InChI is InChI=1S/C28H31N5O3/c1-20-13-15-21(16-14-20)18-32(26(34)19-33-24-11-6-5-10-23(24)30-31-33)27(25-12-7-17-36-25)28(35)29-22-8-3-2-4-9-22/h5-7,10-17,22,27H,2-4,8-9,18-19H2,1H3,(H,29,35). The molecule has 1 aliphatic carbocycles. The van der Waals surface area contributed by atoms with Crippen LogP contribution in [-0.2, 0) is 22.7 Å². The largest absolute Gasteiger partial charge is 0.467 e. The monoisotopic (exact) mass is 485 g/mol. The molecule has 2 heterocycles. The highest BCUT2D eigenvalue weighted by molar-refractivity contribution is 5.89. The van der Waals surface area contributed by atoms with Crippen molar-refractivity contribution in [1.82, 2.24) is 25.2 Å². The van der Waals surface area contributed by atoms with Crippen molar-refractivity contribution < 1.29 is 14.0 Å². The molecule has 0 spiro atoms. The number of nitrogens with zero attached hydrogens (tertiary/aromatic N) is 4. The van der Waals surface area contributed by atoms with Gasteiger partial charge in [-0.05, 0) is 49.6 Å². The quantitative estimate of drug-likeness (QED) is 0.395. The molecule has 2 aromatic carbocycles. The minimum atomic E-state index is -0.898. The first-order chi connectivity index (χ1) is 17.6. The lowest BCUT2D eigenvalue weighted by atomic mass is 9.95. The number of rotatable bonds is 8. The number of carbonyl (C=O) groups excluding carboxylic acids is 2. The van der Waals surface area contributed by atoms with Gasteiger partial charge < -0.3 is 14.6 Å². The summed E-state index contributed by atoms with van der Waals surface area (Å²) in [5.41, 5.74) is 3.54. The Balaban J connectivity index is 1.48. The molecular weight excluding hydrogens is 454 g/mol. The Kier molecular flexibility index (Phi) is 7.11. The maximum Gasteiger partial charge on any atom is 0.250 e. The number of hydrogen-bond donors (Lipinski definition) is 1. The number of carbonyl (C=O) groups is 2. The van der Waals surface area contributed by atoms with Gasteiger partial charge in [0.05, 0.1) is 11.8 Å². The Morgan fingerprint density at radius 2 is 1.83 bits per heavy atom. The van der Waals surface area contributed by atoms with E-state index in [1.54, 1.807) is 21.7 Å². The van der Waals surface area contributed by atoms with E-state index in [4.69, 9.17) is 4.42 Å². The Hall–Kier alpha value is -3.94. The fourth-order valence-corrected chi connectivity index (χ4v) is 4.86. The molecule has 8 heteroatoms. The van der Waals surface area contributed by atoms with Gasteiger partial charge in [-0.1, -0.05) is 66.4 Å². The van der Waals surface area contributed by atoms with Gasteiger partial charge in [0.25, 0.3) is 5.91 Å². The number of nitrogens with one attached hydrogen (secondary N) is 1. The second kappa shape index (κ2) is 10.8. The highest BCUT2D eigenvalue weighted by Gasteiger charge is 2.35. The molecule has 2 aromatic heterocycles. The summed E-state index contributed by atoms with van der Waals surface area (Å²) in [6.07, 6.45) is 6.83. The van der Waals surface area contributed by atoms with Gasteiger partial charge in [-0.15, -0.1) is 5.10 Å². The zero-order valence-corrected chi connectivity index (χ0v) is 20.5. The fourth-order valence-electron chi connectivity index (χ4n) is 4.86. The van der Waals surface area contributed by atoms with E-state index in [1.807, 2.05) is 55.5 Å². The molecule has 1 aliphatic rings. The second-order valence-corrected chi connectivity index (χ2v) is 9.50. The summed E-state index contributed by atoms with van der Waals surface area (Å²) in [4.78, 5) is 29.2. The maximum absolute atomic E-state index is 13.9. The fraction of sp³-hybridized carbons (Fsp3) is 0.357. The van der Waals surface area contributed by atoms with Crippen molar-refractivity contribution >= 4 is 22.8 Å². The molecule has 1 atom stereocenters. The number of amides is 2. The van der Waals surface area contributed by atoms with Crippen molar-refractivity contribution in [2.75, 3.05) is 0 Å². The maximum atomic E-state index is 13.9. The van der Waals surface area contributed by atoms with Crippen molar-refractivity contribution in [2.24, 2.45) is 0 Å². The lowest BCUT2D eigenvalue weighted by molar-refractivity contribution is -0.143. The third-order valence-electron chi connectivity index (χ3n) is 6.82. The van der Waals surface area contributed by atoms with Gasteiger partial charge in [0.15, 0.2) is 6.04 Å². The van der Waals surface area contributed by atoms with Gasteiger partial charge in [0.2, 0.25) is 5.91 Å². The molecule has 2 amide bonds. The van der Waals surface area contributed by atoms with Gasteiger partial charge in [-0.2, -0.15) is 0 Å². The SMILES string of the molecule is Cc1ccc(CN(C(=O)Cn2nnc3ccccc32)C(C(=O)NC2CCCCC2)c2ccco2)cc1. The van der Waals surface area contributed by atoms with Crippen LogP contribution in [0.15, 0.2) is 71.3 Å². The average Bonchev–Trinajstić information content (AvgIpc) is 3.56. The van der Waals surface area contributed by atoms with Crippen LogP contribution in [0.1, 0.15) is 55.0 Å². The first-order valence-corrected chi connectivity index (χ1v) is 12.6. The van der Waals surface area contributed by atoms with Gasteiger partial charge in [-0.3, -0.25) is 9.59 Å². The lowest BCUT2D eigenvalue weighted by Gasteiger charge is -2.32. The molecular formula is C28H31N5O3. The molecule has 186 valence electrons. The second-order valence-electron chi connectivity index (χ2n) is 9.50. The van der Waals surface area contributed by atoms with E-state index in [2.05, 4.69) is 15.6 Å². The molecule has 1 fully saturated rings. The van der Waals surface area contributed by atoms with Crippen molar-refractivity contribution in [1.29, 1.82) is 0 Å². The topological polar surface area (TPSA) is 93.3 Å². The summed E-state index contributed by atoms with van der Waals surface area (Å²) in [5, 5.41) is 11.6. The molecule has 1 saturated carbocycles. The van der Waals surface area contributed by atoms with Gasteiger partial charge in [0.1, 0.15) is 17.8 Å². The number of furan rings is 1. The van der Waals surface area contributed by atoms with E-state index in [0.29, 0.717) is 11.3 Å². The van der Waals surface area contributed by atoms with Gasteiger partial charge in [-0.25, -0.2) is 4.68 Å². The Labute approximate surface area is 210 Å². The third-order valence-corrected chi connectivity index (χ3v) is 6.82. The molecule has 4 aromatic rings. The number of para-hydroxylation sites is 1. The van der Waals surface area contributed by atoms with Crippen molar-refractivity contribution in [2.45, 2.75) is 64.2 Å². The smallest absolute Gasteiger partial charge is 0.250 e. The van der Waals surface area contributed by atoms with Crippen LogP contribution in [0.3, 0.4) is 0 Å². The Morgan fingerprint density at radius 3 is 2.58 bits per heavy atom. The van der Waals surface area contributed by atoms with E-state index in [-0.39, 0.29) is 30.9 Å². The van der Waals surface area contributed by atoms with E-state index in [9.17, 15) is 9.59 Å². The van der Waals surface area contributed by atoms with E-state index in [1.165, 1.54) is 12.7 Å². The summed E-state index contributed by atoms with van der Waals surface area (Å²) in [5.74, 6) is -0.0283. The average molecular weight is 486 g/mol. The highest BCUT2D eigenvalue weighted by atomic mass is 16.3. The molecule has 5 rings (SSSR count). The number of benzene rings is 2. The van der Waals surface area contributed by atoms with Crippen molar-refractivity contribution in [3.63, 3.8) is 0 Å². The molecule has 8 nitrogen and oxygen atoms in total. The van der Waals surface area contributed by atoms with Crippen LogP contribution in [0.5, 0.6) is 0 Å². The molecule has 0 radical (unpaired) electrons. The zero-order valence-electron chi connectivity index (χ0n) is 20.5. The van der Waals surface area contributed by atoms with Crippen LogP contribution in [0, 0.1) is 6.92 Å². The molecule has 1 N–H and O–H groups in total. The van der Waals surface area contributed by atoms with Crippen LogP contribution < -0.4 is 5.32 Å². The number of aromatic nitrogens is 3. The zero-order chi connectivity index (χ0) is 24.9. The summed E-state index contributed by atoms with van der Waals surface area (Å²) >= 11 is 0. The van der Waals surface area contributed by atoms with Crippen LogP contribution in [-0.4, -0.2) is 37.7 Å². The summed E-state index contributed by atoms with van der Waals surface area (Å²) < 4.78 is 7.29. The number of aryl methyl sites for hydroxylation is 1. The van der Waals surface area contributed by atoms with Crippen molar-refractivity contribution in [3.8, 4) is 0 Å². The van der Waals surface area contributed by atoms with Gasteiger partial charge >= 0.3 is 0 Å². The molecule has 36 heavy (non-hydrogen) atoms. The molecule has 0 saturated heterocycles. The van der Waals surface area contributed by atoms with Crippen molar-refractivity contribution in [3.05, 3.63) is 83.8 Å². The molecule has 1 unspecified atom stereocenters. The highest BCUT2D eigenvalue weighted by Crippen LogP contribution is 2.27. The molecule has 0 aliphatic heterocycles. The third kappa shape index (κ3) is 5.32. The van der Waals surface area contributed by atoms with Crippen LogP contribution in [0.2, 0.25) is 0 Å². The van der Waals surface area contributed by atoms with E-state index < -0.39 is 6.04 Å². The van der Waals surface area contributed by atoms with Crippen LogP contribution in [0.25, 0.3) is 11.0 Å². The van der Waals surface area contributed by atoms with E-state index >= 15 is 0 Å². The van der Waals surface area contributed by atoms with E-state index in [0.717, 1.165) is 42.3 Å². The number of hydrogen-bond acceptors (Lipinski definition) is 5. The summed E-state index contributed by atoms with van der Waals surface area (Å²) in [6, 6.07) is 18.2. The predicted molar refractivity (Wildman–Crippen MR) is 136 cm³/mol.